The van der Waals surface area contributed by atoms with Crippen molar-refractivity contribution in [1.29, 1.82) is 0 Å². The van der Waals surface area contributed by atoms with E-state index in [0.29, 0.717) is 23.2 Å². The van der Waals surface area contributed by atoms with E-state index < -0.39 is 10.3 Å². The van der Waals surface area contributed by atoms with E-state index in [2.05, 4.69) is 64.9 Å². The minimum Gasteiger partial charge on any atom is -0.459 e. The first kappa shape index (κ1) is 33.4. The highest BCUT2D eigenvalue weighted by atomic mass is 16.6. The van der Waals surface area contributed by atoms with Crippen molar-refractivity contribution in [3.63, 3.8) is 0 Å². The molecular formula is C39H54N4O5. The number of nitro groups is 1. The van der Waals surface area contributed by atoms with Gasteiger partial charge in [-0.2, -0.15) is 0 Å². The summed E-state index contributed by atoms with van der Waals surface area (Å²) < 4.78 is 7.64. The maximum absolute atomic E-state index is 14.4. The standard InChI is InChI=1S/C39H54N4O5/c1-34(2)17-19-39(33(45)48-24-25-23-42(41-40-25)26-9-8-10-27(21-26)43(46)47)20-18-37(6)28(29(39)22-34)11-12-31-36(5)15-14-32(44)35(3,4)30(36)13-16-38(31,37)7/h8-11,21,23,29-32,44H,12-20,22,24H2,1-7H3/t29-,30-,31+,32-,36-,37+,38+,39-/m0/s1. The van der Waals surface area contributed by atoms with Crippen LogP contribution in [0.1, 0.15) is 118 Å². The molecule has 1 aromatic heterocycles. The number of carbonyl (C=O) groups is 1. The van der Waals surface area contributed by atoms with Gasteiger partial charge < -0.3 is 9.84 Å². The van der Waals surface area contributed by atoms with Crippen molar-refractivity contribution in [2.75, 3.05) is 0 Å². The third-order valence-electron chi connectivity index (χ3n) is 15.2. The fraction of sp³-hybridized carbons (Fsp3) is 0.718. The van der Waals surface area contributed by atoms with Gasteiger partial charge in [0.1, 0.15) is 12.3 Å². The van der Waals surface area contributed by atoms with Gasteiger partial charge in [-0.1, -0.05) is 71.4 Å². The number of aromatic nitrogens is 3. The number of ether oxygens (including phenoxy) is 1. The lowest BCUT2D eigenvalue weighted by molar-refractivity contribution is -0.384. The van der Waals surface area contributed by atoms with Gasteiger partial charge in [0.25, 0.3) is 5.69 Å². The molecule has 0 spiro atoms. The Morgan fingerprint density at radius 1 is 1.02 bits per heavy atom. The molecule has 5 aliphatic carbocycles. The van der Waals surface area contributed by atoms with Crippen molar-refractivity contribution < 1.29 is 19.6 Å². The zero-order valence-electron chi connectivity index (χ0n) is 29.9. The number of aliphatic hydroxyl groups excluding tert-OH is 1. The molecule has 9 nitrogen and oxygen atoms in total. The number of hydrogen-bond donors (Lipinski definition) is 1. The molecule has 9 heteroatoms. The summed E-state index contributed by atoms with van der Waals surface area (Å²) in [7, 11) is 0. The van der Waals surface area contributed by atoms with Gasteiger partial charge in [0.2, 0.25) is 0 Å². The highest BCUT2D eigenvalue weighted by Crippen LogP contribution is 2.75. The SMILES string of the molecule is CC1(C)CC[C@]2(C(=O)OCc3cn(-c4cccc([N+](=O)[O-])c4)nn3)CC[C@]3(C)C(=CC[C@@H]4[C@@]5(C)CC[C@H](O)C(C)(C)[C@@H]5CC[C@]43C)[C@@H]2C1. The Morgan fingerprint density at radius 2 is 1.77 bits per heavy atom. The van der Waals surface area contributed by atoms with Crippen LogP contribution >= 0.6 is 0 Å². The van der Waals surface area contributed by atoms with Gasteiger partial charge in [-0.3, -0.25) is 14.9 Å². The van der Waals surface area contributed by atoms with Gasteiger partial charge in [-0.15, -0.1) is 5.10 Å². The van der Waals surface area contributed by atoms with Crippen molar-refractivity contribution in [3.05, 3.63) is 57.9 Å². The molecule has 7 rings (SSSR count). The number of nitrogens with zero attached hydrogens (tertiary/aromatic N) is 4. The molecule has 5 aliphatic rings. The van der Waals surface area contributed by atoms with Gasteiger partial charge in [-0.05, 0) is 115 Å². The third-order valence-corrected chi connectivity index (χ3v) is 15.2. The zero-order chi connectivity index (χ0) is 34.5. The molecule has 0 aliphatic heterocycles. The number of nitro benzene ring substituents is 1. The van der Waals surface area contributed by atoms with Crippen LogP contribution in [0.4, 0.5) is 5.69 Å². The van der Waals surface area contributed by atoms with Gasteiger partial charge in [0.15, 0.2) is 0 Å². The van der Waals surface area contributed by atoms with Crippen LogP contribution in [-0.4, -0.2) is 37.1 Å². The van der Waals surface area contributed by atoms with Crippen molar-refractivity contribution in [2.24, 2.45) is 50.2 Å². The van der Waals surface area contributed by atoms with E-state index in [1.54, 1.807) is 18.3 Å². The Kier molecular flexibility index (Phi) is 7.64. The monoisotopic (exact) mass is 658 g/mol. The maximum atomic E-state index is 14.4. The predicted molar refractivity (Wildman–Crippen MR) is 183 cm³/mol. The molecule has 2 aromatic rings. The number of hydrogen-bond acceptors (Lipinski definition) is 7. The maximum Gasteiger partial charge on any atom is 0.313 e. The van der Waals surface area contributed by atoms with Crippen LogP contribution in [0.15, 0.2) is 42.1 Å². The second kappa shape index (κ2) is 11.0. The van der Waals surface area contributed by atoms with Crippen LogP contribution in [-0.2, 0) is 16.1 Å². The van der Waals surface area contributed by atoms with E-state index in [4.69, 9.17) is 4.74 Å². The second-order valence-corrected chi connectivity index (χ2v) is 18.3. The normalized spacial score (nSPS) is 39.5. The molecule has 1 heterocycles. The fourth-order valence-corrected chi connectivity index (χ4v) is 12.1. The molecule has 0 bridgehead atoms. The number of benzene rings is 1. The van der Waals surface area contributed by atoms with Crippen molar-refractivity contribution >= 4 is 11.7 Å². The Labute approximate surface area is 285 Å². The average Bonchev–Trinajstić information content (AvgIpc) is 3.51. The van der Waals surface area contributed by atoms with E-state index in [1.807, 2.05) is 0 Å². The summed E-state index contributed by atoms with van der Waals surface area (Å²) >= 11 is 0. The molecule has 0 amide bonds. The molecular weight excluding hydrogens is 604 g/mol. The average molecular weight is 659 g/mol. The minimum absolute atomic E-state index is 0.00690. The second-order valence-electron chi connectivity index (χ2n) is 18.3. The molecule has 4 fully saturated rings. The third kappa shape index (κ3) is 4.76. The summed E-state index contributed by atoms with van der Waals surface area (Å²) in [6.07, 6.45) is 13.9. The number of non-ortho nitro benzene ring substituents is 1. The molecule has 0 radical (unpaired) electrons. The first-order chi connectivity index (χ1) is 22.5. The number of aliphatic hydroxyl groups is 1. The summed E-state index contributed by atoms with van der Waals surface area (Å²) in [5.74, 6) is 1.07. The van der Waals surface area contributed by atoms with Gasteiger partial charge in [0, 0.05) is 12.1 Å². The van der Waals surface area contributed by atoms with Crippen LogP contribution < -0.4 is 0 Å². The van der Waals surface area contributed by atoms with Crippen molar-refractivity contribution in [3.8, 4) is 5.69 Å². The van der Waals surface area contributed by atoms with Crippen LogP contribution in [0.3, 0.4) is 0 Å². The minimum atomic E-state index is -0.557. The smallest absolute Gasteiger partial charge is 0.313 e. The lowest BCUT2D eigenvalue weighted by atomic mass is 9.33. The molecule has 48 heavy (non-hydrogen) atoms. The lowest BCUT2D eigenvalue weighted by Crippen LogP contribution is -2.65. The van der Waals surface area contributed by atoms with Crippen molar-refractivity contribution in [2.45, 2.75) is 125 Å². The summed E-state index contributed by atoms with van der Waals surface area (Å²) in [5, 5.41) is 30.7. The predicted octanol–water partition coefficient (Wildman–Crippen LogP) is 8.38. The van der Waals surface area contributed by atoms with E-state index in [9.17, 15) is 20.0 Å². The Morgan fingerprint density at radius 3 is 2.52 bits per heavy atom. The molecule has 260 valence electrons. The summed E-state index contributed by atoms with van der Waals surface area (Å²) in [5.41, 5.74) is 2.34. The summed E-state index contributed by atoms with van der Waals surface area (Å²) in [6, 6.07) is 6.24. The van der Waals surface area contributed by atoms with Crippen LogP contribution in [0, 0.1) is 60.4 Å². The molecule has 1 aromatic carbocycles. The Hall–Kier alpha value is -3.07. The van der Waals surface area contributed by atoms with Gasteiger partial charge in [-0.25, -0.2) is 4.68 Å². The first-order valence-electron chi connectivity index (χ1n) is 18.2. The lowest BCUT2D eigenvalue weighted by Gasteiger charge is -2.71. The number of carbonyl (C=O) groups excluding carboxylic acids is 1. The fourth-order valence-electron chi connectivity index (χ4n) is 12.1. The Balaban J connectivity index is 1.16. The highest BCUT2D eigenvalue weighted by molar-refractivity contribution is 5.78. The molecule has 0 saturated heterocycles. The van der Waals surface area contributed by atoms with Gasteiger partial charge in [0.05, 0.1) is 28.3 Å². The van der Waals surface area contributed by atoms with Crippen LogP contribution in [0.2, 0.25) is 0 Å². The van der Waals surface area contributed by atoms with E-state index >= 15 is 0 Å². The van der Waals surface area contributed by atoms with E-state index in [-0.39, 0.29) is 57.4 Å². The molecule has 8 atom stereocenters. The number of allylic oxidation sites excluding steroid dienone is 2. The van der Waals surface area contributed by atoms with Gasteiger partial charge >= 0.3 is 5.97 Å². The van der Waals surface area contributed by atoms with Crippen LogP contribution in [0.5, 0.6) is 0 Å². The molecule has 0 unspecified atom stereocenters. The first-order valence-corrected chi connectivity index (χ1v) is 18.2. The summed E-state index contributed by atoms with van der Waals surface area (Å²) in [6.45, 7) is 17.0. The number of esters is 1. The van der Waals surface area contributed by atoms with Crippen molar-refractivity contribution in [1.82, 2.24) is 15.0 Å². The largest absolute Gasteiger partial charge is 0.459 e. The number of fused-ring (bicyclic) bond motifs is 7. The Bertz CT molecular complexity index is 1660. The number of rotatable bonds is 5. The van der Waals surface area contributed by atoms with E-state index in [1.165, 1.54) is 22.4 Å². The van der Waals surface area contributed by atoms with E-state index in [0.717, 1.165) is 64.2 Å². The zero-order valence-corrected chi connectivity index (χ0v) is 29.9. The molecule has 1 N–H and O–H groups in total. The quantitative estimate of drug-likeness (QED) is 0.148. The topological polar surface area (TPSA) is 120 Å². The summed E-state index contributed by atoms with van der Waals surface area (Å²) in [4.78, 5) is 25.2. The van der Waals surface area contributed by atoms with Crippen LogP contribution in [0.25, 0.3) is 5.69 Å². The molecule has 4 saturated carbocycles. The highest BCUT2D eigenvalue weighted by Gasteiger charge is 2.69.